The molecule has 0 spiro atoms. The zero-order valence-corrected chi connectivity index (χ0v) is 7.82. The molecule has 6 heavy (non-hydrogen) atoms. The molecular weight excluding hydrogens is 126 g/mol. The van der Waals surface area contributed by atoms with E-state index in [1.54, 1.807) is 0 Å². The van der Waals surface area contributed by atoms with E-state index in [4.69, 9.17) is 9.26 Å². The van der Waals surface area contributed by atoms with Crippen LogP contribution in [-0.4, -0.2) is 32.3 Å². The van der Waals surface area contributed by atoms with Gasteiger partial charge in [0.1, 0.15) is 0 Å². The summed E-state index contributed by atoms with van der Waals surface area (Å²) in [5, 5.41) is 0. The third-order valence-corrected chi connectivity index (χ3v) is 0. The molecule has 0 fully saturated rings. The molecule has 0 heterocycles. The molecule has 0 aliphatic carbocycles. The van der Waals surface area contributed by atoms with Crippen molar-refractivity contribution in [3.63, 3.8) is 0 Å². The zero-order valence-electron chi connectivity index (χ0n) is 3.40. The van der Waals surface area contributed by atoms with E-state index in [1.807, 2.05) is 0 Å². The monoisotopic (exact) mass is 126 g/mol. The molecule has 0 aromatic heterocycles. The minimum absolute atomic E-state index is 0. The maximum absolute atomic E-state index is 9.99. The van der Waals surface area contributed by atoms with Crippen LogP contribution in [0.1, 0.15) is 0 Å². The number of hydrogen-bond donors (Lipinski definition) is 0. The maximum atomic E-state index is 9.99. The summed E-state index contributed by atoms with van der Waals surface area (Å²) in [7, 11) is -3.88. The van der Waals surface area contributed by atoms with Crippen LogP contribution in [0.15, 0.2) is 0 Å². The van der Waals surface area contributed by atoms with Gasteiger partial charge in [0, 0.05) is 0 Å². The van der Waals surface area contributed by atoms with Crippen molar-refractivity contribution in [1.29, 1.82) is 0 Å². The van der Waals surface area contributed by atoms with E-state index in [0.29, 0.717) is 0 Å². The van der Waals surface area contributed by atoms with Crippen molar-refractivity contribution in [2.24, 2.45) is 0 Å². The van der Waals surface area contributed by atoms with E-state index in [2.05, 4.69) is 0 Å². The first kappa shape index (κ1) is 15.6. The molecule has 0 aliphatic heterocycles. The quantitative estimate of drug-likeness (QED) is 0.242. The fourth-order valence-electron chi connectivity index (χ4n) is 0. The van der Waals surface area contributed by atoms with Crippen LogP contribution in [0.3, 0.4) is 0 Å². The normalized spacial score (nSPS) is 4.17. The Balaban J connectivity index is -0.0000000450. The van der Waals surface area contributed by atoms with E-state index >= 15 is 0 Å². The Bertz CT molecular complexity index is 36.5. The predicted octanol–water partition coefficient (Wildman–Crippen LogP) is -4.65. The molecular formula is FMgNaO2Si+2. The van der Waals surface area contributed by atoms with Gasteiger partial charge >= 0.3 is 61.9 Å². The zero-order chi connectivity index (χ0) is 3.58. The summed E-state index contributed by atoms with van der Waals surface area (Å²) in [6.07, 6.45) is 0. The first-order chi connectivity index (χ1) is 1.73. The Morgan fingerprint density at radius 2 is 1.67 bits per heavy atom. The van der Waals surface area contributed by atoms with Gasteiger partial charge in [0.2, 0.25) is 0 Å². The Kier molecular flexibility index (Phi) is 25.3. The minimum atomic E-state index is -3.88. The molecule has 0 amide bonds. The van der Waals surface area contributed by atoms with E-state index in [1.165, 1.54) is 0 Å². The Labute approximate surface area is 74.5 Å². The summed E-state index contributed by atoms with van der Waals surface area (Å²) < 4.78 is 18.4. The van der Waals surface area contributed by atoms with Crippen LogP contribution in [0, 0.1) is 0 Å². The van der Waals surface area contributed by atoms with Gasteiger partial charge in [-0.15, -0.1) is 0 Å². The van der Waals surface area contributed by atoms with Gasteiger partial charge in [-0.05, 0) is 0 Å². The largest absolute Gasteiger partial charge is 2.00 e. The van der Waals surface area contributed by atoms with Gasteiger partial charge in [0.05, 0.1) is 0 Å². The average molecular weight is 126 g/mol. The van der Waals surface area contributed by atoms with E-state index in [-0.39, 0.29) is 52.6 Å². The topological polar surface area (TPSA) is 40.1 Å². The predicted molar refractivity (Wildman–Crippen MR) is 13.3 cm³/mol. The summed E-state index contributed by atoms with van der Waals surface area (Å²) in [4.78, 5) is 8.41. The molecule has 0 saturated carbocycles. The summed E-state index contributed by atoms with van der Waals surface area (Å²) in [6, 6.07) is 0. The molecule has 6 heteroatoms. The summed E-state index contributed by atoms with van der Waals surface area (Å²) >= 11 is 0. The number of rotatable bonds is 0. The molecule has 0 radical (unpaired) electrons. The number of hydrogen-bond acceptors (Lipinski definition) is 2. The van der Waals surface area contributed by atoms with Gasteiger partial charge in [-0.3, -0.25) is 4.11 Å². The van der Waals surface area contributed by atoms with Gasteiger partial charge in [0.25, 0.3) is 0 Å². The standard InChI is InChI=1S/FO2Si.Mg.Na/c1-4(2)3;;/q-1;+2;+1. The van der Waals surface area contributed by atoms with Gasteiger partial charge in [-0.1, -0.05) is 0 Å². The molecule has 0 aromatic carbocycles. The molecule has 2 nitrogen and oxygen atoms in total. The van der Waals surface area contributed by atoms with Crippen LogP contribution in [0.4, 0.5) is 4.11 Å². The molecule has 0 unspecified atom stereocenters. The van der Waals surface area contributed by atoms with Crippen LogP contribution >= 0.6 is 0 Å². The fraction of sp³-hybridized carbons (Fsp3) is 0. The summed E-state index contributed by atoms with van der Waals surface area (Å²) in [5.74, 6) is 0. The SMILES string of the molecule is O=[Si]([O-])F.[Mg+2].[Na+]. The van der Waals surface area contributed by atoms with Crippen molar-refractivity contribution in [1.82, 2.24) is 0 Å². The van der Waals surface area contributed by atoms with Crippen LogP contribution < -0.4 is 34.4 Å². The van der Waals surface area contributed by atoms with E-state index in [0.717, 1.165) is 0 Å². The molecule has 0 rings (SSSR count). The Morgan fingerprint density at radius 1 is 1.67 bits per heavy atom. The second-order valence-electron chi connectivity index (χ2n) is 0.238. The van der Waals surface area contributed by atoms with Crippen molar-refractivity contribution in [2.45, 2.75) is 0 Å². The summed E-state index contributed by atoms with van der Waals surface area (Å²) in [5.41, 5.74) is 0. The van der Waals surface area contributed by atoms with Crippen molar-refractivity contribution in [3.8, 4) is 0 Å². The second kappa shape index (κ2) is 9.72. The van der Waals surface area contributed by atoms with Crippen molar-refractivity contribution in [3.05, 3.63) is 0 Å². The molecule has 24 valence electrons. The number of halogens is 1. The molecule has 0 bridgehead atoms. The summed E-state index contributed by atoms with van der Waals surface area (Å²) in [6.45, 7) is 0. The first-order valence-electron chi connectivity index (χ1n) is 0.597. The Morgan fingerprint density at radius 3 is 1.67 bits per heavy atom. The third-order valence-electron chi connectivity index (χ3n) is 0. The smallest absolute Gasteiger partial charge is 0.560 e. The molecule has 0 aromatic rings. The van der Waals surface area contributed by atoms with Gasteiger partial charge in [-0.2, -0.15) is 0 Å². The van der Waals surface area contributed by atoms with Crippen LogP contribution in [0.25, 0.3) is 0 Å². The third kappa shape index (κ3) is 49.0. The van der Waals surface area contributed by atoms with E-state index < -0.39 is 9.26 Å². The maximum Gasteiger partial charge on any atom is 2.00 e. The fourth-order valence-corrected chi connectivity index (χ4v) is 0. The molecule has 0 saturated heterocycles. The van der Waals surface area contributed by atoms with Crippen molar-refractivity contribution < 1.29 is 42.9 Å². The van der Waals surface area contributed by atoms with Gasteiger partial charge in [-0.25, -0.2) is 0 Å². The molecule has 0 aliphatic rings. The van der Waals surface area contributed by atoms with Crippen molar-refractivity contribution >= 4 is 32.3 Å². The van der Waals surface area contributed by atoms with Crippen LogP contribution in [0.5, 0.6) is 0 Å². The second-order valence-corrected chi connectivity index (χ2v) is 0.713. The van der Waals surface area contributed by atoms with Crippen molar-refractivity contribution in [2.75, 3.05) is 0 Å². The molecule has 0 N–H and O–H groups in total. The average Bonchev–Trinajstić information content (AvgIpc) is 0.811. The van der Waals surface area contributed by atoms with Crippen LogP contribution in [-0.2, 0) is 4.46 Å². The first-order valence-corrected chi connectivity index (χ1v) is 1.79. The van der Waals surface area contributed by atoms with Gasteiger partial charge in [0.15, 0.2) is 0 Å². The minimum Gasteiger partial charge on any atom is -0.560 e. The van der Waals surface area contributed by atoms with E-state index in [9.17, 15) is 4.11 Å². The van der Waals surface area contributed by atoms with Gasteiger partial charge < -0.3 is 9.26 Å². The Hall–Kier alpha value is 1.51. The van der Waals surface area contributed by atoms with Crippen LogP contribution in [0.2, 0.25) is 0 Å². The molecule has 0 atom stereocenters.